The van der Waals surface area contributed by atoms with Gasteiger partial charge in [-0.05, 0) is 29.5 Å². The van der Waals surface area contributed by atoms with E-state index < -0.39 is 24.0 Å². The van der Waals surface area contributed by atoms with Gasteiger partial charge in [-0.3, -0.25) is 9.78 Å². The van der Waals surface area contributed by atoms with E-state index in [0.717, 1.165) is 16.9 Å². The molecule has 0 saturated carbocycles. The summed E-state index contributed by atoms with van der Waals surface area (Å²) in [6.07, 6.45) is 1.56. The van der Waals surface area contributed by atoms with E-state index in [9.17, 15) is 13.6 Å². The first-order chi connectivity index (χ1) is 11.6. The van der Waals surface area contributed by atoms with Gasteiger partial charge in [-0.25, -0.2) is 8.78 Å². The standard InChI is InChI=1S/C15H11F2N5O2/c16-11-5-9(14(24)8-23)6-12(17)10(11)7-22-20-15(19-21-22)13-3-1-2-4-18-13/h1-6,23H,7-8H2. The summed E-state index contributed by atoms with van der Waals surface area (Å²) in [6.45, 7) is -1.12. The molecule has 0 fully saturated rings. The van der Waals surface area contributed by atoms with E-state index in [0.29, 0.717) is 5.69 Å². The third-order valence-electron chi connectivity index (χ3n) is 3.25. The van der Waals surface area contributed by atoms with Crippen molar-refractivity contribution in [2.24, 2.45) is 0 Å². The average Bonchev–Trinajstić information content (AvgIpc) is 3.06. The molecule has 2 heterocycles. The molecule has 24 heavy (non-hydrogen) atoms. The van der Waals surface area contributed by atoms with Gasteiger partial charge in [0.1, 0.15) is 23.9 Å². The van der Waals surface area contributed by atoms with Crippen molar-refractivity contribution in [3.8, 4) is 11.5 Å². The van der Waals surface area contributed by atoms with Crippen molar-refractivity contribution in [1.29, 1.82) is 0 Å². The zero-order valence-corrected chi connectivity index (χ0v) is 12.2. The maximum atomic E-state index is 14.0. The van der Waals surface area contributed by atoms with Crippen LogP contribution in [-0.4, -0.2) is 42.7 Å². The lowest BCUT2D eigenvalue weighted by molar-refractivity contribution is 0.0902. The number of ketones is 1. The summed E-state index contributed by atoms with van der Waals surface area (Å²) in [5, 5.41) is 20.3. The molecule has 122 valence electrons. The van der Waals surface area contributed by atoms with Gasteiger partial charge in [0, 0.05) is 17.3 Å². The normalized spacial score (nSPS) is 10.8. The van der Waals surface area contributed by atoms with E-state index in [1.54, 1.807) is 24.4 Å². The Morgan fingerprint density at radius 1 is 1.21 bits per heavy atom. The van der Waals surface area contributed by atoms with Crippen LogP contribution in [-0.2, 0) is 6.54 Å². The van der Waals surface area contributed by atoms with Gasteiger partial charge < -0.3 is 5.11 Å². The third-order valence-corrected chi connectivity index (χ3v) is 3.25. The van der Waals surface area contributed by atoms with Crippen molar-refractivity contribution in [1.82, 2.24) is 25.2 Å². The number of nitrogens with zero attached hydrogens (tertiary/aromatic N) is 5. The van der Waals surface area contributed by atoms with Crippen LogP contribution in [0, 0.1) is 11.6 Å². The number of Topliss-reactive ketones (excluding diaryl/α,β-unsaturated/α-hetero) is 1. The molecule has 0 aliphatic rings. The zero-order chi connectivity index (χ0) is 17.1. The summed E-state index contributed by atoms with van der Waals surface area (Å²) in [5.41, 5.74) is -0.0694. The van der Waals surface area contributed by atoms with Crippen LogP contribution in [0.1, 0.15) is 15.9 Å². The van der Waals surface area contributed by atoms with E-state index >= 15 is 0 Å². The Hall–Kier alpha value is -3.07. The van der Waals surface area contributed by atoms with Crippen LogP contribution < -0.4 is 0 Å². The van der Waals surface area contributed by atoms with E-state index in [1.165, 1.54) is 0 Å². The fourth-order valence-electron chi connectivity index (χ4n) is 2.06. The maximum Gasteiger partial charge on any atom is 0.223 e. The van der Waals surface area contributed by atoms with Crippen molar-refractivity contribution >= 4 is 5.78 Å². The third kappa shape index (κ3) is 3.15. The molecule has 1 aromatic carbocycles. The number of rotatable bonds is 5. The first kappa shape index (κ1) is 15.8. The first-order valence-corrected chi connectivity index (χ1v) is 6.89. The molecule has 0 aliphatic heterocycles. The van der Waals surface area contributed by atoms with E-state index in [4.69, 9.17) is 5.11 Å². The van der Waals surface area contributed by atoms with Crippen LogP contribution in [0.5, 0.6) is 0 Å². The van der Waals surface area contributed by atoms with Gasteiger partial charge in [0.05, 0.1) is 6.54 Å². The molecule has 0 amide bonds. The molecule has 9 heteroatoms. The summed E-state index contributed by atoms with van der Waals surface area (Å²) < 4.78 is 28.1. The van der Waals surface area contributed by atoms with Crippen molar-refractivity contribution in [3.05, 3.63) is 59.3 Å². The number of aromatic nitrogens is 5. The maximum absolute atomic E-state index is 14.0. The summed E-state index contributed by atoms with van der Waals surface area (Å²) in [4.78, 5) is 16.4. The second-order valence-corrected chi connectivity index (χ2v) is 4.86. The Bertz CT molecular complexity index is 860. The number of hydrogen-bond acceptors (Lipinski definition) is 6. The van der Waals surface area contributed by atoms with Crippen molar-refractivity contribution < 1.29 is 18.7 Å². The molecule has 0 bridgehead atoms. The molecule has 0 unspecified atom stereocenters. The number of hydrogen-bond donors (Lipinski definition) is 1. The number of carbonyl (C=O) groups excluding carboxylic acids is 1. The van der Waals surface area contributed by atoms with Gasteiger partial charge in [0.25, 0.3) is 0 Å². The molecular formula is C15H11F2N5O2. The van der Waals surface area contributed by atoms with Crippen molar-refractivity contribution in [2.45, 2.75) is 6.54 Å². The largest absolute Gasteiger partial charge is 0.388 e. The smallest absolute Gasteiger partial charge is 0.223 e. The topological polar surface area (TPSA) is 93.8 Å². The van der Waals surface area contributed by atoms with Gasteiger partial charge in [0.2, 0.25) is 5.82 Å². The predicted octanol–water partition coefficient (Wildman–Crippen LogP) is 1.24. The van der Waals surface area contributed by atoms with Gasteiger partial charge in [-0.1, -0.05) is 6.07 Å². The van der Waals surface area contributed by atoms with Crippen LogP contribution in [0.3, 0.4) is 0 Å². The van der Waals surface area contributed by atoms with Crippen LogP contribution in [0.15, 0.2) is 36.5 Å². The molecule has 3 aromatic rings. The summed E-state index contributed by atoms with van der Waals surface area (Å²) in [6, 6.07) is 6.89. The molecule has 7 nitrogen and oxygen atoms in total. The van der Waals surface area contributed by atoms with Crippen LogP contribution in [0.2, 0.25) is 0 Å². The van der Waals surface area contributed by atoms with Gasteiger partial charge in [-0.15, -0.1) is 10.2 Å². The van der Waals surface area contributed by atoms with Gasteiger partial charge >= 0.3 is 0 Å². The Morgan fingerprint density at radius 3 is 2.58 bits per heavy atom. The highest BCUT2D eigenvalue weighted by Crippen LogP contribution is 2.17. The minimum Gasteiger partial charge on any atom is -0.388 e. The van der Waals surface area contributed by atoms with Crippen LogP contribution >= 0.6 is 0 Å². The number of tetrazole rings is 1. The molecule has 0 atom stereocenters. The Morgan fingerprint density at radius 2 is 1.96 bits per heavy atom. The highest BCUT2D eigenvalue weighted by molar-refractivity contribution is 5.96. The SMILES string of the molecule is O=C(CO)c1cc(F)c(Cn2nnc(-c3ccccn3)n2)c(F)c1. The molecule has 2 aromatic heterocycles. The molecule has 3 rings (SSSR count). The molecular weight excluding hydrogens is 320 g/mol. The summed E-state index contributed by atoms with van der Waals surface area (Å²) in [7, 11) is 0. The Kier molecular flexibility index (Phi) is 4.34. The molecule has 1 N–H and O–H groups in total. The quantitative estimate of drug-likeness (QED) is 0.707. The second kappa shape index (κ2) is 6.59. The van der Waals surface area contributed by atoms with Crippen molar-refractivity contribution in [3.63, 3.8) is 0 Å². The lowest BCUT2D eigenvalue weighted by atomic mass is 10.1. The lowest BCUT2D eigenvalue weighted by Crippen LogP contribution is -2.11. The minimum atomic E-state index is -0.927. The van der Waals surface area contributed by atoms with Gasteiger partial charge in [0.15, 0.2) is 5.78 Å². The highest BCUT2D eigenvalue weighted by atomic mass is 19.1. The molecule has 0 aliphatic carbocycles. The van der Waals surface area contributed by atoms with E-state index in [-0.39, 0.29) is 23.5 Å². The molecule has 0 radical (unpaired) electrons. The lowest BCUT2D eigenvalue weighted by Gasteiger charge is -2.06. The molecule has 0 spiro atoms. The predicted molar refractivity (Wildman–Crippen MR) is 77.9 cm³/mol. The average molecular weight is 331 g/mol. The monoisotopic (exact) mass is 331 g/mol. The number of pyridine rings is 1. The Balaban J connectivity index is 1.87. The van der Waals surface area contributed by atoms with Crippen LogP contribution in [0.25, 0.3) is 11.5 Å². The van der Waals surface area contributed by atoms with E-state index in [2.05, 4.69) is 20.4 Å². The van der Waals surface area contributed by atoms with Crippen LogP contribution in [0.4, 0.5) is 8.78 Å². The summed E-state index contributed by atoms with van der Waals surface area (Å²) in [5.74, 6) is -2.40. The number of benzene rings is 1. The highest BCUT2D eigenvalue weighted by Gasteiger charge is 2.17. The fourth-order valence-corrected chi connectivity index (χ4v) is 2.06. The van der Waals surface area contributed by atoms with Gasteiger partial charge in [-0.2, -0.15) is 4.80 Å². The first-order valence-electron chi connectivity index (χ1n) is 6.89. The number of aliphatic hydroxyl groups excluding tert-OH is 1. The zero-order valence-electron chi connectivity index (χ0n) is 12.2. The molecule has 0 saturated heterocycles. The van der Waals surface area contributed by atoms with Crippen molar-refractivity contribution in [2.75, 3.05) is 6.61 Å². The minimum absolute atomic E-state index is 0.225. The number of aliphatic hydroxyl groups is 1. The Labute approximate surface area is 134 Å². The number of halogens is 2. The number of carbonyl (C=O) groups is 1. The second-order valence-electron chi connectivity index (χ2n) is 4.86. The van der Waals surface area contributed by atoms with E-state index in [1.807, 2.05) is 0 Å². The fraction of sp³-hybridized carbons (Fsp3) is 0.133. The summed E-state index contributed by atoms with van der Waals surface area (Å²) >= 11 is 0.